The third kappa shape index (κ3) is 3.26. The van der Waals surface area contributed by atoms with Crippen molar-refractivity contribution in [3.8, 4) is 5.75 Å². The van der Waals surface area contributed by atoms with E-state index in [0.717, 1.165) is 4.47 Å². The van der Waals surface area contributed by atoms with Crippen LogP contribution in [0.25, 0.3) is 0 Å². The summed E-state index contributed by atoms with van der Waals surface area (Å²) in [5.74, 6) is 0.526. The summed E-state index contributed by atoms with van der Waals surface area (Å²) >= 11 is 3.37. The molecule has 6 heteroatoms. The van der Waals surface area contributed by atoms with Gasteiger partial charge in [0.1, 0.15) is 5.75 Å². The van der Waals surface area contributed by atoms with Gasteiger partial charge in [-0.05, 0) is 34.1 Å². The molecule has 1 aromatic rings. The highest BCUT2D eigenvalue weighted by molar-refractivity contribution is 9.10. The summed E-state index contributed by atoms with van der Waals surface area (Å²) in [6.07, 6.45) is 0.341. The standard InChI is InChI=1S/C13H15BrN2O3/c1-19-9-2-3-11(14)10(8-9)13(18)16-6-4-12(17)15-5-7-16/h2-3,8H,4-7H2,1H3,(H,15,17). The van der Waals surface area contributed by atoms with Gasteiger partial charge >= 0.3 is 0 Å². The van der Waals surface area contributed by atoms with Gasteiger partial charge in [-0.2, -0.15) is 0 Å². The molecule has 0 atom stereocenters. The zero-order chi connectivity index (χ0) is 13.8. The first kappa shape index (κ1) is 13.9. The molecule has 2 amide bonds. The minimum Gasteiger partial charge on any atom is -0.497 e. The van der Waals surface area contributed by atoms with E-state index in [9.17, 15) is 9.59 Å². The quantitative estimate of drug-likeness (QED) is 0.894. The van der Waals surface area contributed by atoms with E-state index in [0.29, 0.717) is 37.4 Å². The van der Waals surface area contributed by atoms with E-state index >= 15 is 0 Å². The van der Waals surface area contributed by atoms with Gasteiger partial charge in [-0.3, -0.25) is 9.59 Å². The van der Waals surface area contributed by atoms with Crippen LogP contribution in [0.1, 0.15) is 16.8 Å². The predicted molar refractivity (Wildman–Crippen MR) is 74.2 cm³/mol. The fourth-order valence-electron chi connectivity index (χ4n) is 1.94. The molecule has 0 aliphatic carbocycles. The topological polar surface area (TPSA) is 58.6 Å². The number of benzene rings is 1. The van der Waals surface area contributed by atoms with E-state index in [4.69, 9.17) is 4.74 Å². The van der Waals surface area contributed by atoms with E-state index in [1.165, 1.54) is 0 Å². The van der Waals surface area contributed by atoms with E-state index in [-0.39, 0.29) is 11.8 Å². The molecule has 2 rings (SSSR count). The highest BCUT2D eigenvalue weighted by Gasteiger charge is 2.21. The first-order chi connectivity index (χ1) is 9.11. The molecular formula is C13H15BrN2O3. The van der Waals surface area contributed by atoms with Crippen LogP contribution in [0.5, 0.6) is 5.75 Å². The SMILES string of the molecule is COc1ccc(Br)c(C(=O)N2CCNC(=O)CC2)c1. The molecule has 1 fully saturated rings. The zero-order valence-corrected chi connectivity index (χ0v) is 12.2. The lowest BCUT2D eigenvalue weighted by atomic mass is 10.2. The van der Waals surface area contributed by atoms with Gasteiger partial charge in [-0.1, -0.05) is 0 Å². The number of nitrogens with one attached hydrogen (secondary N) is 1. The number of nitrogens with zero attached hydrogens (tertiary/aromatic N) is 1. The Bertz CT molecular complexity index is 505. The van der Waals surface area contributed by atoms with Crippen molar-refractivity contribution in [3.05, 3.63) is 28.2 Å². The van der Waals surface area contributed by atoms with Crippen molar-refractivity contribution < 1.29 is 14.3 Å². The Kier molecular flexibility index (Phi) is 4.42. The van der Waals surface area contributed by atoms with Gasteiger partial charge in [-0.15, -0.1) is 0 Å². The number of methoxy groups -OCH3 is 1. The molecule has 1 aliphatic rings. The monoisotopic (exact) mass is 326 g/mol. The average molecular weight is 327 g/mol. The van der Waals surface area contributed by atoms with Crippen LogP contribution < -0.4 is 10.1 Å². The van der Waals surface area contributed by atoms with E-state index in [1.54, 1.807) is 30.2 Å². The number of ether oxygens (including phenoxy) is 1. The molecule has 1 saturated heterocycles. The molecule has 1 aromatic carbocycles. The van der Waals surface area contributed by atoms with Gasteiger partial charge in [0.25, 0.3) is 5.91 Å². The molecule has 5 nitrogen and oxygen atoms in total. The van der Waals surface area contributed by atoms with Crippen molar-refractivity contribution in [2.24, 2.45) is 0 Å². The third-order valence-electron chi connectivity index (χ3n) is 3.00. The molecule has 102 valence electrons. The average Bonchev–Trinajstić information content (AvgIpc) is 2.63. The molecule has 1 heterocycles. The molecule has 1 aliphatic heterocycles. The summed E-state index contributed by atoms with van der Waals surface area (Å²) in [6, 6.07) is 5.27. The molecule has 0 saturated carbocycles. The fraction of sp³-hybridized carbons (Fsp3) is 0.385. The van der Waals surface area contributed by atoms with Crippen LogP contribution in [0.3, 0.4) is 0 Å². The van der Waals surface area contributed by atoms with Crippen LogP contribution in [0.15, 0.2) is 22.7 Å². The lowest BCUT2D eigenvalue weighted by Crippen LogP contribution is -2.34. The summed E-state index contributed by atoms with van der Waals surface area (Å²) in [5.41, 5.74) is 0.550. The predicted octanol–water partition coefficient (Wildman–Crippen LogP) is 1.42. The fourth-order valence-corrected chi connectivity index (χ4v) is 2.35. The molecule has 1 N–H and O–H groups in total. The first-order valence-corrected chi connectivity index (χ1v) is 6.80. The second-order valence-electron chi connectivity index (χ2n) is 4.24. The Morgan fingerprint density at radius 3 is 2.95 bits per heavy atom. The van der Waals surface area contributed by atoms with Crippen LogP contribution in [0, 0.1) is 0 Å². The summed E-state index contributed by atoms with van der Waals surface area (Å²) in [6.45, 7) is 1.45. The lowest BCUT2D eigenvalue weighted by molar-refractivity contribution is -0.120. The highest BCUT2D eigenvalue weighted by Crippen LogP contribution is 2.24. The highest BCUT2D eigenvalue weighted by atomic mass is 79.9. The van der Waals surface area contributed by atoms with E-state index in [1.807, 2.05) is 0 Å². The number of hydrogen-bond acceptors (Lipinski definition) is 3. The molecule has 0 spiro atoms. The largest absolute Gasteiger partial charge is 0.497 e. The first-order valence-electron chi connectivity index (χ1n) is 6.01. The lowest BCUT2D eigenvalue weighted by Gasteiger charge is -2.20. The third-order valence-corrected chi connectivity index (χ3v) is 3.70. The summed E-state index contributed by atoms with van der Waals surface area (Å²) in [4.78, 5) is 25.4. The van der Waals surface area contributed by atoms with E-state index < -0.39 is 0 Å². The summed E-state index contributed by atoms with van der Waals surface area (Å²) < 4.78 is 5.85. The van der Waals surface area contributed by atoms with Crippen molar-refractivity contribution in [1.29, 1.82) is 0 Å². The second-order valence-corrected chi connectivity index (χ2v) is 5.09. The van der Waals surface area contributed by atoms with Crippen molar-refractivity contribution >= 4 is 27.7 Å². The number of carbonyl (C=O) groups excluding carboxylic acids is 2. The second kappa shape index (κ2) is 6.06. The smallest absolute Gasteiger partial charge is 0.255 e. The number of rotatable bonds is 2. The normalized spacial score (nSPS) is 15.7. The Labute approximate surface area is 120 Å². The molecule has 19 heavy (non-hydrogen) atoms. The van der Waals surface area contributed by atoms with Gasteiger partial charge in [-0.25, -0.2) is 0 Å². The van der Waals surface area contributed by atoms with Crippen LogP contribution in [-0.2, 0) is 4.79 Å². The van der Waals surface area contributed by atoms with E-state index in [2.05, 4.69) is 21.2 Å². The van der Waals surface area contributed by atoms with Crippen LogP contribution in [-0.4, -0.2) is 43.5 Å². The van der Waals surface area contributed by atoms with Crippen molar-refractivity contribution in [3.63, 3.8) is 0 Å². The van der Waals surface area contributed by atoms with Crippen molar-refractivity contribution in [2.75, 3.05) is 26.7 Å². The maximum Gasteiger partial charge on any atom is 0.255 e. The minimum absolute atomic E-state index is 0.0139. The van der Waals surface area contributed by atoms with Crippen molar-refractivity contribution in [1.82, 2.24) is 10.2 Å². The van der Waals surface area contributed by atoms with Gasteiger partial charge < -0.3 is 15.0 Å². The summed E-state index contributed by atoms with van der Waals surface area (Å²) in [5, 5.41) is 2.75. The zero-order valence-electron chi connectivity index (χ0n) is 10.6. The van der Waals surface area contributed by atoms with Crippen LogP contribution >= 0.6 is 15.9 Å². The van der Waals surface area contributed by atoms with Crippen LogP contribution in [0.4, 0.5) is 0 Å². The van der Waals surface area contributed by atoms with Gasteiger partial charge in [0.15, 0.2) is 0 Å². The number of hydrogen-bond donors (Lipinski definition) is 1. The Balaban J connectivity index is 2.20. The molecule has 0 aromatic heterocycles. The van der Waals surface area contributed by atoms with Gasteiger partial charge in [0, 0.05) is 30.5 Å². The van der Waals surface area contributed by atoms with Gasteiger partial charge in [0.05, 0.1) is 12.7 Å². The minimum atomic E-state index is -0.0951. The molecule has 0 unspecified atom stereocenters. The van der Waals surface area contributed by atoms with Crippen LogP contribution in [0.2, 0.25) is 0 Å². The maximum absolute atomic E-state index is 12.4. The van der Waals surface area contributed by atoms with Gasteiger partial charge in [0.2, 0.25) is 5.91 Å². The number of halogens is 1. The number of carbonyl (C=O) groups is 2. The molecule has 0 radical (unpaired) electrons. The molecular weight excluding hydrogens is 312 g/mol. The van der Waals surface area contributed by atoms with Crippen molar-refractivity contribution in [2.45, 2.75) is 6.42 Å². The Hall–Kier alpha value is -1.56. The molecule has 0 bridgehead atoms. The Morgan fingerprint density at radius 2 is 2.21 bits per heavy atom. The Morgan fingerprint density at radius 1 is 1.42 bits per heavy atom. The summed E-state index contributed by atoms with van der Waals surface area (Å²) in [7, 11) is 1.56. The maximum atomic E-state index is 12.4. The number of amides is 2.